The molecule has 1 saturated heterocycles. The second kappa shape index (κ2) is 8.43. The Morgan fingerprint density at radius 3 is 2.56 bits per heavy atom. The summed E-state index contributed by atoms with van der Waals surface area (Å²) in [5.41, 5.74) is 5.61. The third-order valence-corrected chi connectivity index (χ3v) is 3.11. The lowest BCUT2D eigenvalue weighted by Gasteiger charge is -2.26. The van der Waals surface area contributed by atoms with Crippen LogP contribution in [0.3, 0.4) is 0 Å². The molecule has 2 N–H and O–H groups in total. The standard InChI is InChI=1S/C10H21BNO5P/c1-13-4-6(3-12)15-9-8(17-18)7(5-14-2)16-10(9)11/h6-10H,3-5,12,18H2,1-2H3/t6?,7-,8?,9+,10-/m1/s1. The van der Waals surface area contributed by atoms with Gasteiger partial charge in [-0.15, -0.1) is 0 Å². The minimum absolute atomic E-state index is 0.237. The van der Waals surface area contributed by atoms with E-state index in [9.17, 15) is 0 Å². The van der Waals surface area contributed by atoms with Crippen LogP contribution in [0.5, 0.6) is 0 Å². The van der Waals surface area contributed by atoms with Crippen molar-refractivity contribution in [2.24, 2.45) is 5.73 Å². The number of nitrogens with two attached hydrogens (primary N) is 1. The predicted octanol–water partition coefficient (Wildman–Crippen LogP) is -0.940. The molecule has 0 amide bonds. The van der Waals surface area contributed by atoms with E-state index in [-0.39, 0.29) is 18.3 Å². The minimum Gasteiger partial charge on any atom is -0.382 e. The molecule has 6 atom stereocenters. The van der Waals surface area contributed by atoms with Crippen molar-refractivity contribution >= 4 is 17.3 Å². The number of hydrogen-bond acceptors (Lipinski definition) is 6. The third-order valence-electron chi connectivity index (χ3n) is 2.80. The molecule has 1 aliphatic rings. The molecule has 1 rings (SSSR count). The van der Waals surface area contributed by atoms with Crippen LogP contribution in [0, 0.1) is 0 Å². The predicted molar refractivity (Wildman–Crippen MR) is 70.5 cm³/mol. The number of methoxy groups -OCH3 is 2. The summed E-state index contributed by atoms with van der Waals surface area (Å²) in [6, 6.07) is -0.568. The Kier molecular flexibility index (Phi) is 7.64. The first-order chi connectivity index (χ1) is 8.67. The van der Waals surface area contributed by atoms with Gasteiger partial charge in [0, 0.05) is 36.2 Å². The SMILES string of the molecule is [B][C@@H]1O[C@H](COC)C(OP)[C@@H]1OC(CN)COC. The molecule has 1 heterocycles. The number of ether oxygens (including phenoxy) is 4. The van der Waals surface area contributed by atoms with Crippen LogP contribution in [0.1, 0.15) is 0 Å². The van der Waals surface area contributed by atoms with Crippen LogP contribution in [0.2, 0.25) is 0 Å². The highest BCUT2D eigenvalue weighted by Gasteiger charge is 2.44. The second-order valence-corrected chi connectivity index (χ2v) is 4.38. The molecule has 0 aliphatic carbocycles. The second-order valence-electron chi connectivity index (χ2n) is 4.11. The molecule has 3 unspecified atom stereocenters. The highest BCUT2D eigenvalue weighted by atomic mass is 31.0. The average molecular weight is 277 g/mol. The maximum atomic E-state index is 5.89. The highest BCUT2D eigenvalue weighted by molar-refractivity contribution is 7.09. The van der Waals surface area contributed by atoms with Crippen molar-refractivity contribution in [2.75, 3.05) is 34.0 Å². The van der Waals surface area contributed by atoms with Crippen molar-refractivity contribution in [1.29, 1.82) is 0 Å². The van der Waals surface area contributed by atoms with Crippen molar-refractivity contribution in [3.8, 4) is 0 Å². The molecular formula is C10H21BNO5P. The molecule has 1 fully saturated rings. The first-order valence-electron chi connectivity index (χ1n) is 5.77. The van der Waals surface area contributed by atoms with Crippen molar-refractivity contribution in [1.82, 2.24) is 0 Å². The lowest BCUT2D eigenvalue weighted by molar-refractivity contribution is -0.0752. The van der Waals surface area contributed by atoms with E-state index in [0.29, 0.717) is 19.8 Å². The van der Waals surface area contributed by atoms with Gasteiger partial charge in [-0.1, -0.05) is 0 Å². The molecule has 0 saturated carbocycles. The van der Waals surface area contributed by atoms with E-state index in [1.807, 2.05) is 0 Å². The van der Waals surface area contributed by atoms with Gasteiger partial charge in [0.15, 0.2) is 0 Å². The third kappa shape index (κ3) is 4.13. The molecule has 0 aromatic rings. The van der Waals surface area contributed by atoms with Crippen LogP contribution in [0.25, 0.3) is 0 Å². The van der Waals surface area contributed by atoms with E-state index >= 15 is 0 Å². The Morgan fingerprint density at radius 1 is 1.33 bits per heavy atom. The van der Waals surface area contributed by atoms with E-state index < -0.39 is 12.1 Å². The Morgan fingerprint density at radius 2 is 2.06 bits per heavy atom. The molecule has 0 bridgehead atoms. The molecule has 2 radical (unpaired) electrons. The van der Waals surface area contributed by atoms with Crippen LogP contribution < -0.4 is 5.73 Å². The normalized spacial score (nSPS) is 33.8. The molecular weight excluding hydrogens is 256 g/mol. The number of hydrogen-bond donors (Lipinski definition) is 1. The monoisotopic (exact) mass is 277 g/mol. The Labute approximate surface area is 111 Å². The first kappa shape index (κ1) is 16.3. The van der Waals surface area contributed by atoms with Crippen LogP contribution in [-0.4, -0.2) is 72.2 Å². The van der Waals surface area contributed by atoms with Gasteiger partial charge in [-0.25, -0.2) is 0 Å². The summed E-state index contributed by atoms with van der Waals surface area (Å²) in [4.78, 5) is 0. The molecule has 1 aliphatic heterocycles. The fourth-order valence-electron chi connectivity index (χ4n) is 1.94. The van der Waals surface area contributed by atoms with Gasteiger partial charge in [-0.2, -0.15) is 0 Å². The summed E-state index contributed by atoms with van der Waals surface area (Å²) >= 11 is 0. The lowest BCUT2D eigenvalue weighted by atomic mass is 9.92. The van der Waals surface area contributed by atoms with Gasteiger partial charge in [-0.3, -0.25) is 0 Å². The van der Waals surface area contributed by atoms with Gasteiger partial charge in [0.05, 0.1) is 19.3 Å². The average Bonchev–Trinajstić information content (AvgIpc) is 2.65. The molecule has 0 spiro atoms. The van der Waals surface area contributed by atoms with Crippen molar-refractivity contribution in [2.45, 2.75) is 30.4 Å². The zero-order chi connectivity index (χ0) is 13.5. The molecule has 104 valence electrons. The molecule has 8 heteroatoms. The van der Waals surface area contributed by atoms with E-state index in [1.54, 1.807) is 14.2 Å². The van der Waals surface area contributed by atoms with Gasteiger partial charge in [0.25, 0.3) is 0 Å². The van der Waals surface area contributed by atoms with Crippen LogP contribution in [-0.2, 0) is 23.5 Å². The van der Waals surface area contributed by atoms with E-state index in [0.717, 1.165) is 0 Å². The Balaban J connectivity index is 2.61. The molecule has 0 aromatic heterocycles. The largest absolute Gasteiger partial charge is 0.382 e. The van der Waals surface area contributed by atoms with Gasteiger partial charge >= 0.3 is 0 Å². The Bertz CT molecular complexity index is 238. The molecule has 0 aromatic carbocycles. The van der Waals surface area contributed by atoms with Crippen LogP contribution >= 0.6 is 9.47 Å². The van der Waals surface area contributed by atoms with Crippen molar-refractivity contribution < 1.29 is 23.5 Å². The zero-order valence-corrected chi connectivity index (χ0v) is 11.9. The van der Waals surface area contributed by atoms with E-state index in [1.165, 1.54) is 0 Å². The number of rotatable bonds is 8. The van der Waals surface area contributed by atoms with Gasteiger partial charge in [0.2, 0.25) is 0 Å². The fourth-order valence-corrected chi connectivity index (χ4v) is 2.27. The summed E-state index contributed by atoms with van der Waals surface area (Å²) in [7, 11) is 11.3. The van der Waals surface area contributed by atoms with Gasteiger partial charge < -0.3 is 29.2 Å². The summed E-state index contributed by atoms with van der Waals surface area (Å²) in [5.74, 6) is 0. The summed E-state index contributed by atoms with van der Waals surface area (Å²) in [6.07, 6.45) is -1.20. The summed E-state index contributed by atoms with van der Waals surface area (Å²) in [5, 5.41) is 0. The maximum absolute atomic E-state index is 5.89. The molecule has 6 nitrogen and oxygen atoms in total. The van der Waals surface area contributed by atoms with Crippen LogP contribution in [0.4, 0.5) is 0 Å². The van der Waals surface area contributed by atoms with Gasteiger partial charge in [-0.05, 0) is 0 Å². The topological polar surface area (TPSA) is 72.2 Å². The quantitative estimate of drug-likeness (QED) is 0.456. The maximum Gasteiger partial charge on any atom is 0.117 e. The van der Waals surface area contributed by atoms with E-state index in [2.05, 4.69) is 9.47 Å². The highest BCUT2D eigenvalue weighted by Crippen LogP contribution is 2.27. The van der Waals surface area contributed by atoms with Crippen molar-refractivity contribution in [3.05, 3.63) is 0 Å². The van der Waals surface area contributed by atoms with Crippen LogP contribution in [0.15, 0.2) is 0 Å². The minimum atomic E-state index is -0.568. The zero-order valence-electron chi connectivity index (χ0n) is 10.8. The summed E-state index contributed by atoms with van der Waals surface area (Å²) < 4.78 is 26.7. The van der Waals surface area contributed by atoms with E-state index in [4.69, 9.17) is 37.1 Å². The fraction of sp³-hybridized carbons (Fsp3) is 1.00. The Hall–Kier alpha value is 0.255. The first-order valence-corrected chi connectivity index (χ1v) is 6.25. The van der Waals surface area contributed by atoms with Gasteiger partial charge in [0.1, 0.15) is 26.2 Å². The lowest BCUT2D eigenvalue weighted by Crippen LogP contribution is -2.43. The summed E-state index contributed by atoms with van der Waals surface area (Å²) in [6.45, 7) is 1.14. The molecule has 18 heavy (non-hydrogen) atoms. The van der Waals surface area contributed by atoms with Crippen molar-refractivity contribution in [3.63, 3.8) is 0 Å². The smallest absolute Gasteiger partial charge is 0.117 e.